The molecule has 0 N–H and O–H groups in total. The van der Waals surface area contributed by atoms with Gasteiger partial charge in [-0.05, 0) is 149 Å². The van der Waals surface area contributed by atoms with Crippen LogP contribution in [-0.4, -0.2) is 9.97 Å². The monoisotopic (exact) mass is 940 g/mol. The van der Waals surface area contributed by atoms with Gasteiger partial charge in [0.25, 0.3) is 0 Å². The van der Waals surface area contributed by atoms with Crippen LogP contribution < -0.4 is 0 Å². The Balaban J connectivity index is 0.838. The zero-order chi connectivity index (χ0) is 49.2. The molecule has 0 unspecified atom stereocenters. The molecule has 74 heavy (non-hydrogen) atoms. The first kappa shape index (κ1) is 44.2. The van der Waals surface area contributed by atoms with E-state index in [1.165, 1.54) is 66.8 Å². The summed E-state index contributed by atoms with van der Waals surface area (Å²) in [5, 5.41) is 3.28. The quantitative estimate of drug-likeness (QED) is 0.128. The summed E-state index contributed by atoms with van der Waals surface area (Å²) in [5.74, 6) is 0.694. The molecule has 2 nitrogen and oxygen atoms in total. The predicted molar refractivity (Wildman–Crippen MR) is 311 cm³/mol. The number of aromatic nitrogens is 2. The van der Waals surface area contributed by atoms with Crippen molar-refractivity contribution in [1.82, 2.24) is 9.97 Å². The molecular weight excluding hydrogens is 893 g/mol. The minimum atomic E-state index is 0.694. The molecule has 0 amide bonds. The smallest absolute Gasteiger partial charge is 0.160 e. The summed E-state index contributed by atoms with van der Waals surface area (Å²) in [5.41, 5.74) is 22.7. The fourth-order valence-electron chi connectivity index (χ4n) is 10.4. The molecule has 1 heterocycles. The molecule has 0 aliphatic carbocycles. The molecule has 1 aromatic heterocycles. The van der Waals surface area contributed by atoms with E-state index in [1.54, 1.807) is 0 Å². The van der Waals surface area contributed by atoms with Crippen molar-refractivity contribution >= 4 is 21.7 Å². The largest absolute Gasteiger partial charge is 0.227 e. The number of fused-ring (bicyclic) bond motifs is 3. The van der Waals surface area contributed by atoms with E-state index < -0.39 is 0 Å². The summed E-state index contributed by atoms with van der Waals surface area (Å²) in [4.78, 5) is 10.7. The van der Waals surface area contributed by atoms with Crippen LogP contribution in [0, 0.1) is 0 Å². The highest BCUT2D eigenvalue weighted by Gasteiger charge is 2.16. The first-order valence-corrected chi connectivity index (χ1v) is 25.3. The van der Waals surface area contributed by atoms with E-state index in [9.17, 15) is 0 Å². The van der Waals surface area contributed by atoms with Crippen molar-refractivity contribution in [2.45, 2.75) is 0 Å². The summed E-state index contributed by atoms with van der Waals surface area (Å²) in [6, 6.07) is 105. The highest BCUT2D eigenvalue weighted by atomic mass is 14.9. The molecule has 0 aliphatic rings. The second-order valence-corrected chi connectivity index (χ2v) is 19.0. The van der Waals surface area contributed by atoms with E-state index in [0.717, 1.165) is 60.8 Å². The van der Waals surface area contributed by atoms with Gasteiger partial charge in [0.05, 0.1) is 11.2 Å². The lowest BCUT2D eigenvalue weighted by molar-refractivity contribution is 1.23. The van der Waals surface area contributed by atoms with Crippen LogP contribution in [0.3, 0.4) is 0 Å². The van der Waals surface area contributed by atoms with Gasteiger partial charge in [0.1, 0.15) is 0 Å². The molecule has 0 spiro atoms. The van der Waals surface area contributed by atoms with Gasteiger partial charge in [-0.3, -0.25) is 0 Å². The zero-order valence-electron chi connectivity index (χ0n) is 40.6. The highest BCUT2D eigenvalue weighted by Crippen LogP contribution is 2.39. The minimum absolute atomic E-state index is 0.694. The Morgan fingerprint density at radius 3 is 0.919 bits per heavy atom. The molecule has 13 aromatic rings. The van der Waals surface area contributed by atoms with Crippen LogP contribution in [-0.2, 0) is 0 Å². The Hall–Kier alpha value is -9.76. The van der Waals surface area contributed by atoms with Gasteiger partial charge in [-0.2, -0.15) is 0 Å². The van der Waals surface area contributed by atoms with Crippen molar-refractivity contribution in [1.29, 1.82) is 0 Å². The van der Waals surface area contributed by atoms with Gasteiger partial charge in [-0.15, -0.1) is 0 Å². The number of hydrogen-bond acceptors (Lipinski definition) is 2. The van der Waals surface area contributed by atoms with E-state index >= 15 is 0 Å². The van der Waals surface area contributed by atoms with Crippen LogP contribution in [0.15, 0.2) is 291 Å². The van der Waals surface area contributed by atoms with Crippen molar-refractivity contribution in [3.8, 4) is 112 Å². The lowest BCUT2D eigenvalue weighted by atomic mass is 9.92. The zero-order valence-corrected chi connectivity index (χ0v) is 40.6. The molecule has 0 bridgehead atoms. The van der Waals surface area contributed by atoms with Gasteiger partial charge < -0.3 is 0 Å². The van der Waals surface area contributed by atoms with Gasteiger partial charge >= 0.3 is 0 Å². The molecule has 346 valence electrons. The van der Waals surface area contributed by atoms with Gasteiger partial charge in [0, 0.05) is 21.9 Å². The Morgan fingerprint density at radius 1 is 0.176 bits per heavy atom. The molecule has 0 radical (unpaired) electrons. The molecule has 0 saturated heterocycles. The van der Waals surface area contributed by atoms with Crippen LogP contribution in [0.4, 0.5) is 0 Å². The van der Waals surface area contributed by atoms with E-state index in [1.807, 2.05) is 0 Å². The van der Waals surface area contributed by atoms with Gasteiger partial charge in [0.15, 0.2) is 5.82 Å². The average Bonchev–Trinajstić information content (AvgIpc) is 3.49. The predicted octanol–water partition coefficient (Wildman–Crippen LogP) is 19.5. The maximum atomic E-state index is 5.38. The molecule has 13 rings (SSSR count). The summed E-state index contributed by atoms with van der Waals surface area (Å²) in [6.07, 6.45) is 0. The Kier molecular flexibility index (Phi) is 11.6. The molecule has 12 aromatic carbocycles. The van der Waals surface area contributed by atoms with E-state index in [4.69, 9.17) is 9.97 Å². The van der Waals surface area contributed by atoms with Crippen molar-refractivity contribution in [3.63, 3.8) is 0 Å². The fourth-order valence-corrected chi connectivity index (χ4v) is 10.4. The lowest BCUT2D eigenvalue weighted by Gasteiger charge is -2.14. The Labute approximate surface area is 432 Å². The van der Waals surface area contributed by atoms with Crippen molar-refractivity contribution in [3.05, 3.63) is 291 Å². The molecule has 2 heteroatoms. The van der Waals surface area contributed by atoms with Crippen molar-refractivity contribution < 1.29 is 0 Å². The van der Waals surface area contributed by atoms with Gasteiger partial charge in [-0.1, -0.05) is 237 Å². The summed E-state index contributed by atoms with van der Waals surface area (Å²) in [7, 11) is 0. The summed E-state index contributed by atoms with van der Waals surface area (Å²) < 4.78 is 0. The number of hydrogen-bond donors (Lipinski definition) is 0. The molecule has 0 fully saturated rings. The van der Waals surface area contributed by atoms with E-state index in [-0.39, 0.29) is 0 Å². The first-order chi connectivity index (χ1) is 36.6. The third kappa shape index (κ3) is 8.87. The minimum Gasteiger partial charge on any atom is -0.227 e. The maximum Gasteiger partial charge on any atom is 0.160 e. The van der Waals surface area contributed by atoms with Crippen molar-refractivity contribution in [2.75, 3.05) is 0 Å². The van der Waals surface area contributed by atoms with Crippen LogP contribution in [0.25, 0.3) is 133 Å². The number of rotatable bonds is 10. The summed E-state index contributed by atoms with van der Waals surface area (Å²) >= 11 is 0. The third-order valence-corrected chi connectivity index (χ3v) is 14.2. The molecule has 0 aliphatic heterocycles. The van der Waals surface area contributed by atoms with Gasteiger partial charge in [0.2, 0.25) is 0 Å². The Bertz CT molecular complexity index is 4010. The van der Waals surface area contributed by atoms with Crippen LogP contribution in [0.5, 0.6) is 0 Å². The van der Waals surface area contributed by atoms with Crippen LogP contribution >= 0.6 is 0 Å². The highest BCUT2D eigenvalue weighted by molar-refractivity contribution is 6.09. The van der Waals surface area contributed by atoms with Crippen LogP contribution in [0.2, 0.25) is 0 Å². The molecular formula is C72H48N2. The second-order valence-electron chi connectivity index (χ2n) is 19.0. The molecule has 0 atom stereocenters. The standard InChI is InChI=1S/C72H48N2/c1-5-17-49(18-6-1)62-43-63(50-19-7-2-8-20-50)46-66(45-62)60-28-15-26-58(41-60)53-31-35-56(36-32-53)70-69-40-39-55-25-13-14-30-68(55)71(69)74-72(73-70)57-37-33-54(34-38-57)59-27-16-29-61(42-59)67-47-64(51-21-9-3-10-22-51)44-65(48-67)52-23-11-4-12-24-52/h1-48H. The summed E-state index contributed by atoms with van der Waals surface area (Å²) in [6.45, 7) is 0. The van der Waals surface area contributed by atoms with Crippen molar-refractivity contribution in [2.24, 2.45) is 0 Å². The normalized spacial score (nSPS) is 11.2. The number of benzene rings is 12. The van der Waals surface area contributed by atoms with E-state index in [2.05, 4.69) is 291 Å². The Morgan fingerprint density at radius 2 is 0.486 bits per heavy atom. The number of nitrogens with zero attached hydrogens (tertiary/aromatic N) is 2. The van der Waals surface area contributed by atoms with E-state index in [0.29, 0.717) is 5.82 Å². The maximum absolute atomic E-state index is 5.38. The second kappa shape index (κ2) is 19.4. The van der Waals surface area contributed by atoms with Crippen LogP contribution in [0.1, 0.15) is 0 Å². The third-order valence-electron chi connectivity index (χ3n) is 14.2. The lowest BCUT2D eigenvalue weighted by Crippen LogP contribution is -1.96. The topological polar surface area (TPSA) is 25.8 Å². The fraction of sp³-hybridized carbons (Fsp3) is 0. The first-order valence-electron chi connectivity index (χ1n) is 25.3. The van der Waals surface area contributed by atoms with Gasteiger partial charge in [-0.25, -0.2) is 9.97 Å². The molecule has 0 saturated carbocycles. The SMILES string of the molecule is c1ccc(-c2cc(-c3ccccc3)cc(-c3cccc(-c4ccc(-c5nc(-c6ccc(-c7cccc(-c8cc(-c9ccccc9)cc(-c9ccccc9)c8)c7)cc6)c6ccc7ccccc7c6n5)cc4)c3)c2)cc1. The average molecular weight is 941 g/mol.